The van der Waals surface area contributed by atoms with Crippen molar-refractivity contribution in [3.8, 4) is 11.4 Å². The molecule has 1 heterocycles. The minimum absolute atomic E-state index is 0.200. The number of rotatable bonds is 4. The van der Waals surface area contributed by atoms with E-state index in [0.717, 1.165) is 16.5 Å². The van der Waals surface area contributed by atoms with E-state index in [-0.39, 0.29) is 19.0 Å². The highest BCUT2D eigenvalue weighted by atomic mass is 16.5. The van der Waals surface area contributed by atoms with Gasteiger partial charge in [-0.3, -0.25) is 0 Å². The molecule has 2 aromatic carbocycles. The molecule has 0 spiro atoms. The highest BCUT2D eigenvalue weighted by Gasteiger charge is 2.15. The molecule has 0 saturated carbocycles. The summed E-state index contributed by atoms with van der Waals surface area (Å²) >= 11 is 0. The molecule has 0 radical (unpaired) electrons. The van der Waals surface area contributed by atoms with Crippen LogP contribution in [0.5, 0.6) is 5.75 Å². The molecule has 0 unspecified atom stereocenters. The number of benzene rings is 2. The minimum Gasteiger partial charge on any atom is -0.507 e. The van der Waals surface area contributed by atoms with Crippen LogP contribution in [0.15, 0.2) is 36.4 Å². The molecule has 6 nitrogen and oxygen atoms in total. The molecule has 0 aliphatic carbocycles. The Hall–Kier alpha value is -2.44. The molecule has 0 aliphatic rings. The Balaban J connectivity index is 2.26. The van der Waals surface area contributed by atoms with Crippen molar-refractivity contribution in [3.05, 3.63) is 47.8 Å². The molecule has 0 amide bonds. The van der Waals surface area contributed by atoms with Gasteiger partial charge in [-0.1, -0.05) is 29.5 Å². The van der Waals surface area contributed by atoms with E-state index in [1.807, 2.05) is 24.3 Å². The zero-order chi connectivity index (χ0) is 14.8. The van der Waals surface area contributed by atoms with Gasteiger partial charge in [-0.05, 0) is 12.1 Å². The first kappa shape index (κ1) is 13.5. The summed E-state index contributed by atoms with van der Waals surface area (Å²) in [5, 5.41) is 29.0. The summed E-state index contributed by atoms with van der Waals surface area (Å²) in [6.45, 7) is 0.0901. The fourth-order valence-corrected chi connectivity index (χ4v) is 2.39. The van der Waals surface area contributed by atoms with Crippen LogP contribution < -0.4 is 0 Å². The topological polar surface area (TPSA) is 80.4 Å². The summed E-state index contributed by atoms with van der Waals surface area (Å²) in [5.41, 5.74) is 1.95. The monoisotopic (exact) mass is 285 g/mol. The van der Waals surface area contributed by atoms with Gasteiger partial charge in [0.05, 0.1) is 24.6 Å². The van der Waals surface area contributed by atoms with E-state index >= 15 is 0 Å². The number of ether oxygens (including phenoxy) is 1. The number of aromatic hydroxyl groups is 1. The molecular formula is C15H15N3O3. The fraction of sp³-hybridized carbons (Fsp3) is 0.200. The fourth-order valence-electron chi connectivity index (χ4n) is 2.39. The van der Waals surface area contributed by atoms with Crippen molar-refractivity contribution in [2.45, 2.75) is 13.2 Å². The quantitative estimate of drug-likeness (QED) is 0.763. The van der Waals surface area contributed by atoms with Crippen molar-refractivity contribution in [3.63, 3.8) is 0 Å². The van der Waals surface area contributed by atoms with Crippen LogP contribution in [0.4, 0.5) is 0 Å². The Kier molecular flexibility index (Phi) is 3.55. The summed E-state index contributed by atoms with van der Waals surface area (Å²) in [4.78, 5) is 0. The van der Waals surface area contributed by atoms with E-state index < -0.39 is 0 Å². The van der Waals surface area contributed by atoms with Crippen LogP contribution in [0.25, 0.3) is 16.5 Å². The van der Waals surface area contributed by atoms with E-state index in [4.69, 9.17) is 4.74 Å². The first-order valence-electron chi connectivity index (χ1n) is 6.50. The molecule has 1 aromatic heterocycles. The van der Waals surface area contributed by atoms with Crippen molar-refractivity contribution in [1.82, 2.24) is 15.0 Å². The maximum absolute atomic E-state index is 9.96. The molecule has 3 rings (SSSR count). The molecular weight excluding hydrogens is 270 g/mol. The first-order chi connectivity index (χ1) is 10.3. The third-order valence-corrected chi connectivity index (χ3v) is 3.38. The number of hydrogen-bond acceptors (Lipinski definition) is 5. The Bertz CT molecular complexity index is 783. The molecule has 0 bridgehead atoms. The number of hydrogen-bond donors (Lipinski definition) is 2. The zero-order valence-corrected chi connectivity index (χ0v) is 11.5. The number of aliphatic hydroxyl groups excluding tert-OH is 1. The smallest absolute Gasteiger partial charge is 0.123 e. The molecule has 2 N–H and O–H groups in total. The molecule has 0 aliphatic heterocycles. The van der Waals surface area contributed by atoms with E-state index in [1.54, 1.807) is 23.9 Å². The van der Waals surface area contributed by atoms with Crippen molar-refractivity contribution in [2.75, 3.05) is 7.11 Å². The van der Waals surface area contributed by atoms with Gasteiger partial charge in [0.2, 0.25) is 0 Å². The van der Waals surface area contributed by atoms with Gasteiger partial charge in [0.15, 0.2) is 0 Å². The van der Waals surface area contributed by atoms with E-state index in [9.17, 15) is 10.2 Å². The van der Waals surface area contributed by atoms with Crippen molar-refractivity contribution in [2.24, 2.45) is 0 Å². The lowest BCUT2D eigenvalue weighted by Gasteiger charge is -2.10. The lowest BCUT2D eigenvalue weighted by atomic mass is 10.1. The number of methoxy groups -OCH3 is 1. The predicted octanol–water partition coefficient (Wildman–Crippen LogP) is 1.76. The normalized spacial score (nSPS) is 11.1. The number of nitrogens with zero attached hydrogens (tertiary/aromatic N) is 3. The summed E-state index contributed by atoms with van der Waals surface area (Å²) < 4.78 is 6.80. The van der Waals surface area contributed by atoms with E-state index in [0.29, 0.717) is 11.4 Å². The van der Waals surface area contributed by atoms with Crippen molar-refractivity contribution >= 4 is 10.8 Å². The van der Waals surface area contributed by atoms with Gasteiger partial charge in [0, 0.05) is 17.9 Å². The highest BCUT2D eigenvalue weighted by molar-refractivity contribution is 5.94. The number of phenols is 1. The van der Waals surface area contributed by atoms with Gasteiger partial charge in [0.1, 0.15) is 11.4 Å². The summed E-state index contributed by atoms with van der Waals surface area (Å²) in [6.07, 6.45) is 0. The highest BCUT2D eigenvalue weighted by Crippen LogP contribution is 2.29. The standard InChI is InChI=1S/C15H15N3O3/c1-21-9-14-12(8-19)16-17-18(14)13-6-2-5-11-10(13)4-3-7-15(11)20/h2-7,19-20H,8-9H2,1H3. The van der Waals surface area contributed by atoms with Crippen LogP contribution in [-0.4, -0.2) is 32.3 Å². The van der Waals surface area contributed by atoms with Gasteiger partial charge >= 0.3 is 0 Å². The lowest BCUT2D eigenvalue weighted by molar-refractivity contribution is 0.175. The molecule has 21 heavy (non-hydrogen) atoms. The second-order valence-electron chi connectivity index (χ2n) is 4.64. The van der Waals surface area contributed by atoms with E-state index in [2.05, 4.69) is 10.3 Å². The maximum Gasteiger partial charge on any atom is 0.123 e. The Morgan fingerprint density at radius 2 is 1.90 bits per heavy atom. The van der Waals surface area contributed by atoms with Crippen LogP contribution in [-0.2, 0) is 18.0 Å². The minimum atomic E-state index is -0.200. The molecule has 108 valence electrons. The second-order valence-corrected chi connectivity index (χ2v) is 4.64. The van der Waals surface area contributed by atoms with Gasteiger partial charge in [0.25, 0.3) is 0 Å². The Labute approximate surface area is 121 Å². The van der Waals surface area contributed by atoms with Crippen LogP contribution in [0.2, 0.25) is 0 Å². The number of aliphatic hydroxyl groups is 1. The summed E-state index contributed by atoms with van der Waals surface area (Å²) in [7, 11) is 1.58. The Morgan fingerprint density at radius 3 is 2.67 bits per heavy atom. The third kappa shape index (κ3) is 2.24. The molecule has 0 atom stereocenters. The zero-order valence-electron chi connectivity index (χ0n) is 11.5. The molecule has 0 saturated heterocycles. The lowest BCUT2D eigenvalue weighted by Crippen LogP contribution is -2.05. The van der Waals surface area contributed by atoms with Crippen LogP contribution in [0, 0.1) is 0 Å². The number of phenolic OH excluding ortho intramolecular Hbond substituents is 1. The second kappa shape index (κ2) is 5.51. The number of fused-ring (bicyclic) bond motifs is 1. The third-order valence-electron chi connectivity index (χ3n) is 3.38. The van der Waals surface area contributed by atoms with Crippen LogP contribution in [0.3, 0.4) is 0 Å². The number of aromatic nitrogens is 3. The average molecular weight is 285 g/mol. The molecule has 6 heteroatoms. The van der Waals surface area contributed by atoms with E-state index in [1.165, 1.54) is 0 Å². The van der Waals surface area contributed by atoms with Gasteiger partial charge in [-0.2, -0.15) is 0 Å². The average Bonchev–Trinajstić information content (AvgIpc) is 2.90. The largest absolute Gasteiger partial charge is 0.507 e. The van der Waals surface area contributed by atoms with Gasteiger partial charge < -0.3 is 14.9 Å². The molecule has 3 aromatic rings. The van der Waals surface area contributed by atoms with Crippen molar-refractivity contribution < 1.29 is 14.9 Å². The van der Waals surface area contributed by atoms with Crippen LogP contribution >= 0.6 is 0 Å². The SMILES string of the molecule is COCc1c(CO)nnn1-c1cccc2c(O)cccc12. The van der Waals surface area contributed by atoms with Crippen molar-refractivity contribution in [1.29, 1.82) is 0 Å². The summed E-state index contributed by atoms with van der Waals surface area (Å²) in [5.74, 6) is 0.213. The first-order valence-corrected chi connectivity index (χ1v) is 6.50. The van der Waals surface area contributed by atoms with Gasteiger partial charge in [-0.25, -0.2) is 4.68 Å². The predicted molar refractivity (Wildman–Crippen MR) is 77.2 cm³/mol. The maximum atomic E-state index is 9.96. The van der Waals surface area contributed by atoms with Crippen LogP contribution in [0.1, 0.15) is 11.4 Å². The Morgan fingerprint density at radius 1 is 1.14 bits per heavy atom. The summed E-state index contributed by atoms with van der Waals surface area (Å²) in [6, 6.07) is 10.9. The molecule has 0 fully saturated rings. The van der Waals surface area contributed by atoms with Gasteiger partial charge in [-0.15, -0.1) is 5.10 Å².